The molecular weight excluding hydrogens is 601 g/mol. The number of aromatic nitrogens is 3. The maximum absolute atomic E-state index is 5.59. The normalized spacial score (nSPS) is 10.6. The molecule has 0 amide bonds. The number of halogens is 1. The van der Waals surface area contributed by atoms with Crippen LogP contribution in [0.15, 0.2) is 64.3 Å². The molecule has 38 heavy (non-hydrogen) atoms. The van der Waals surface area contributed by atoms with Crippen molar-refractivity contribution < 1.29 is 18.6 Å². The number of furan rings is 1. The predicted molar refractivity (Wildman–Crippen MR) is 153 cm³/mol. The van der Waals surface area contributed by atoms with Crippen LogP contribution in [0.3, 0.4) is 0 Å². The van der Waals surface area contributed by atoms with E-state index in [2.05, 4.69) is 64.6 Å². The fraction of sp³-hybridized carbons (Fsp3) is 0.154. The summed E-state index contributed by atoms with van der Waals surface area (Å²) in [6, 6.07) is 14.7. The maximum Gasteiger partial charge on any atom is 0.250 e. The van der Waals surface area contributed by atoms with Crippen molar-refractivity contribution in [1.82, 2.24) is 15.0 Å². The number of methoxy groups -OCH3 is 2. The van der Waals surface area contributed by atoms with E-state index in [1.807, 2.05) is 42.5 Å². The van der Waals surface area contributed by atoms with E-state index >= 15 is 0 Å². The van der Waals surface area contributed by atoms with Gasteiger partial charge in [0.1, 0.15) is 18.1 Å². The van der Waals surface area contributed by atoms with Gasteiger partial charge in [-0.05, 0) is 76.7 Å². The summed E-state index contributed by atoms with van der Waals surface area (Å²) in [6.07, 6.45) is 8.53. The van der Waals surface area contributed by atoms with Crippen LogP contribution in [0.2, 0.25) is 0 Å². The van der Waals surface area contributed by atoms with E-state index in [-0.39, 0.29) is 12.6 Å². The van der Waals surface area contributed by atoms with Crippen LogP contribution < -0.4 is 30.3 Å². The molecule has 0 radical (unpaired) electrons. The summed E-state index contributed by atoms with van der Waals surface area (Å²) in [5, 5.41) is 10.6. The van der Waals surface area contributed by atoms with Gasteiger partial charge in [0.05, 0.1) is 36.8 Å². The SMILES string of the molecule is C#CCOc1c(I)cc(/C=N/Nc2nc(NCc3ccco3)nc(Nc3ccc(OC)cc3)n2)cc1OC. The van der Waals surface area contributed by atoms with Gasteiger partial charge in [-0.1, -0.05) is 5.92 Å². The number of ether oxygens (including phenoxy) is 3. The summed E-state index contributed by atoms with van der Waals surface area (Å²) >= 11 is 2.15. The van der Waals surface area contributed by atoms with Crippen molar-refractivity contribution in [3.8, 4) is 29.6 Å². The number of hydrogen-bond donors (Lipinski definition) is 3. The first kappa shape index (κ1) is 26.6. The first-order chi connectivity index (χ1) is 18.6. The third-order valence-corrected chi connectivity index (χ3v) is 5.71. The first-order valence-corrected chi connectivity index (χ1v) is 12.3. The summed E-state index contributed by atoms with van der Waals surface area (Å²) in [4.78, 5) is 13.3. The van der Waals surface area contributed by atoms with Crippen molar-refractivity contribution in [1.29, 1.82) is 0 Å². The Morgan fingerprint density at radius 3 is 2.55 bits per heavy atom. The van der Waals surface area contributed by atoms with Crippen molar-refractivity contribution >= 4 is 52.3 Å². The second-order valence-electron chi connectivity index (χ2n) is 7.49. The predicted octanol–water partition coefficient (Wildman–Crippen LogP) is 4.90. The van der Waals surface area contributed by atoms with Gasteiger partial charge in [-0.2, -0.15) is 20.1 Å². The topological polar surface area (TPSA) is 128 Å². The monoisotopic (exact) mass is 625 g/mol. The van der Waals surface area contributed by atoms with Gasteiger partial charge in [0.25, 0.3) is 0 Å². The summed E-state index contributed by atoms with van der Waals surface area (Å²) in [5.41, 5.74) is 4.41. The van der Waals surface area contributed by atoms with Crippen LogP contribution in [0.25, 0.3) is 0 Å². The molecule has 0 spiro atoms. The highest BCUT2D eigenvalue weighted by Crippen LogP contribution is 2.33. The molecule has 0 saturated heterocycles. The molecular formula is C26H24IN7O4. The van der Waals surface area contributed by atoms with Crippen molar-refractivity contribution in [2.24, 2.45) is 5.10 Å². The van der Waals surface area contributed by atoms with Crippen molar-refractivity contribution in [2.75, 3.05) is 36.9 Å². The smallest absolute Gasteiger partial charge is 0.250 e. The molecule has 0 saturated carbocycles. The van der Waals surface area contributed by atoms with Crippen LogP contribution in [-0.2, 0) is 6.54 Å². The summed E-state index contributed by atoms with van der Waals surface area (Å²) in [5.74, 6) is 5.93. The van der Waals surface area contributed by atoms with Gasteiger partial charge in [0.2, 0.25) is 17.8 Å². The van der Waals surface area contributed by atoms with Gasteiger partial charge in [0, 0.05) is 5.69 Å². The summed E-state index contributed by atoms with van der Waals surface area (Å²) in [7, 11) is 3.18. The van der Waals surface area contributed by atoms with Crippen molar-refractivity contribution in [3.05, 3.63) is 69.7 Å². The maximum atomic E-state index is 5.59. The lowest BCUT2D eigenvalue weighted by molar-refractivity contribution is 0.328. The molecule has 2 heterocycles. The minimum Gasteiger partial charge on any atom is -0.497 e. The molecule has 194 valence electrons. The summed E-state index contributed by atoms with van der Waals surface area (Å²) in [6.45, 7) is 0.540. The van der Waals surface area contributed by atoms with E-state index in [1.54, 1.807) is 32.8 Å². The zero-order valence-corrected chi connectivity index (χ0v) is 22.7. The quantitative estimate of drug-likeness (QED) is 0.0866. The second kappa shape index (κ2) is 13.2. The second-order valence-corrected chi connectivity index (χ2v) is 8.65. The average molecular weight is 625 g/mol. The molecule has 0 aliphatic rings. The number of rotatable bonds is 12. The zero-order valence-electron chi connectivity index (χ0n) is 20.6. The lowest BCUT2D eigenvalue weighted by Gasteiger charge is -2.12. The molecule has 12 heteroatoms. The van der Waals surface area contributed by atoms with Crippen LogP contribution in [0.1, 0.15) is 11.3 Å². The number of nitrogens with one attached hydrogen (secondary N) is 3. The number of hydrazone groups is 1. The van der Waals surface area contributed by atoms with Crippen molar-refractivity contribution in [3.63, 3.8) is 0 Å². The Morgan fingerprint density at radius 1 is 1.05 bits per heavy atom. The van der Waals surface area contributed by atoms with Crippen molar-refractivity contribution in [2.45, 2.75) is 6.54 Å². The lowest BCUT2D eigenvalue weighted by Crippen LogP contribution is -2.09. The highest BCUT2D eigenvalue weighted by Gasteiger charge is 2.11. The molecule has 0 unspecified atom stereocenters. The zero-order chi connectivity index (χ0) is 26.7. The van der Waals surface area contributed by atoms with Crippen LogP contribution in [0, 0.1) is 15.9 Å². The van der Waals surface area contributed by atoms with Crippen LogP contribution in [0.4, 0.5) is 23.5 Å². The van der Waals surface area contributed by atoms with Gasteiger partial charge in [-0.3, -0.25) is 0 Å². The molecule has 0 bridgehead atoms. The minimum absolute atomic E-state index is 0.143. The molecule has 11 nitrogen and oxygen atoms in total. The van der Waals surface area contributed by atoms with Gasteiger partial charge in [0.15, 0.2) is 11.5 Å². The molecule has 0 aliphatic carbocycles. The molecule has 4 aromatic rings. The van der Waals surface area contributed by atoms with Gasteiger partial charge in [-0.15, -0.1) is 6.42 Å². The Labute approximate surface area is 233 Å². The lowest BCUT2D eigenvalue weighted by atomic mass is 10.2. The van der Waals surface area contributed by atoms with Gasteiger partial charge < -0.3 is 29.3 Å². The van der Waals surface area contributed by atoms with Gasteiger partial charge >= 0.3 is 0 Å². The van der Waals surface area contributed by atoms with Gasteiger partial charge in [-0.25, -0.2) is 5.43 Å². The Hall–Kier alpha value is -4.51. The third-order valence-electron chi connectivity index (χ3n) is 4.91. The minimum atomic E-state index is 0.143. The number of benzene rings is 2. The largest absolute Gasteiger partial charge is 0.497 e. The van der Waals surface area contributed by atoms with Crippen LogP contribution in [0.5, 0.6) is 17.2 Å². The molecule has 2 aromatic heterocycles. The molecule has 0 fully saturated rings. The Morgan fingerprint density at radius 2 is 1.84 bits per heavy atom. The standard InChI is InChI=1S/C26H24IN7O4/c1-4-11-38-23-21(27)13-17(14-22(23)36-3)15-29-34-26-32-24(28-16-20-6-5-12-37-20)31-25(33-26)30-18-7-9-19(35-2)10-8-18/h1,5-10,12-15H,11,16H2,2-3H3,(H3,28,30,31,32,33,34)/b29-15+. The van der Waals surface area contributed by atoms with E-state index in [0.29, 0.717) is 29.9 Å². The number of anilines is 4. The van der Waals surface area contributed by atoms with E-state index in [1.165, 1.54) is 0 Å². The first-order valence-electron chi connectivity index (χ1n) is 11.2. The fourth-order valence-corrected chi connectivity index (χ4v) is 3.96. The van der Waals surface area contributed by atoms with E-state index < -0.39 is 0 Å². The Balaban J connectivity index is 1.53. The van der Waals surface area contributed by atoms with Crippen LogP contribution in [-0.4, -0.2) is 42.0 Å². The Kier molecular flexibility index (Phi) is 9.19. The molecule has 2 aromatic carbocycles. The van der Waals surface area contributed by atoms with E-state index in [9.17, 15) is 0 Å². The third kappa shape index (κ3) is 7.26. The summed E-state index contributed by atoms with van der Waals surface area (Å²) < 4.78 is 22.5. The molecule has 4 rings (SSSR count). The number of nitrogens with zero attached hydrogens (tertiary/aromatic N) is 4. The number of terminal acetylenes is 1. The highest BCUT2D eigenvalue weighted by atomic mass is 127. The van der Waals surface area contributed by atoms with Crippen LogP contribution >= 0.6 is 22.6 Å². The highest BCUT2D eigenvalue weighted by molar-refractivity contribution is 14.1. The number of hydrogen-bond acceptors (Lipinski definition) is 11. The average Bonchev–Trinajstić information content (AvgIpc) is 3.45. The molecule has 3 N–H and O–H groups in total. The van der Waals surface area contributed by atoms with E-state index in [4.69, 9.17) is 25.1 Å². The Bertz CT molecular complexity index is 1420. The molecule has 0 atom stereocenters. The fourth-order valence-electron chi connectivity index (χ4n) is 3.18. The van der Waals surface area contributed by atoms with E-state index in [0.717, 1.165) is 26.3 Å². The molecule has 0 aliphatic heterocycles.